The molecule has 14 heteroatoms. The van der Waals surface area contributed by atoms with Gasteiger partial charge < -0.3 is 46.2 Å². The van der Waals surface area contributed by atoms with Crippen molar-refractivity contribution in [2.75, 3.05) is 111 Å². The first-order valence-corrected chi connectivity index (χ1v) is 31.3. The Bertz CT molecular complexity index is 1370. The Hall–Kier alpha value is -2.81. The average Bonchev–Trinajstić information content (AvgIpc) is 3.39. The van der Waals surface area contributed by atoms with Gasteiger partial charge in [-0.2, -0.15) is 0 Å². The summed E-state index contributed by atoms with van der Waals surface area (Å²) in [6.07, 6.45) is 37.7. The minimum Gasteiger partial charge on any atom is -0.368 e. The number of carbonyl (C=O) groups is 5. The number of amides is 5. The second-order valence-corrected chi connectivity index (χ2v) is 22.0. The Labute approximate surface area is 455 Å². The molecule has 0 atom stereocenters. The van der Waals surface area contributed by atoms with Crippen molar-refractivity contribution in [1.29, 1.82) is 0 Å². The molecule has 434 valence electrons. The highest BCUT2D eigenvalue weighted by molar-refractivity contribution is 5.91. The van der Waals surface area contributed by atoms with E-state index in [0.29, 0.717) is 26.2 Å². The number of piperazine rings is 1. The van der Waals surface area contributed by atoms with Crippen molar-refractivity contribution in [2.45, 2.75) is 246 Å². The van der Waals surface area contributed by atoms with E-state index >= 15 is 0 Å². The maximum absolute atomic E-state index is 14.6. The van der Waals surface area contributed by atoms with Gasteiger partial charge in [0, 0.05) is 52.4 Å². The molecule has 0 aromatic carbocycles. The van der Waals surface area contributed by atoms with Crippen LogP contribution in [-0.4, -0.2) is 170 Å². The second kappa shape index (κ2) is 49.7. The van der Waals surface area contributed by atoms with Gasteiger partial charge in [0.15, 0.2) is 0 Å². The molecule has 0 aromatic rings. The van der Waals surface area contributed by atoms with E-state index < -0.39 is 5.91 Å². The molecule has 0 bridgehead atoms. The third-order valence-electron chi connectivity index (χ3n) is 15.1. The van der Waals surface area contributed by atoms with Crippen molar-refractivity contribution in [1.82, 2.24) is 34.7 Å². The van der Waals surface area contributed by atoms with Crippen molar-refractivity contribution >= 4 is 29.5 Å². The van der Waals surface area contributed by atoms with Crippen molar-refractivity contribution in [3.05, 3.63) is 0 Å². The molecule has 1 fully saturated rings. The molecule has 0 saturated carbocycles. The minimum atomic E-state index is -0.564. The minimum absolute atomic E-state index is 0.0717. The van der Waals surface area contributed by atoms with Crippen molar-refractivity contribution in [2.24, 2.45) is 11.5 Å². The highest BCUT2D eigenvalue weighted by Gasteiger charge is 2.27. The molecule has 1 rings (SSSR count). The molecule has 14 nitrogen and oxygen atoms in total. The summed E-state index contributed by atoms with van der Waals surface area (Å²) in [5.74, 6) is -1.41. The number of primary amides is 1. The second-order valence-electron chi connectivity index (χ2n) is 22.0. The molecule has 5 amide bonds. The molecule has 74 heavy (non-hydrogen) atoms. The van der Waals surface area contributed by atoms with Crippen LogP contribution in [0, 0.1) is 0 Å². The summed E-state index contributed by atoms with van der Waals surface area (Å²) < 4.78 is 0. The maximum Gasteiger partial charge on any atom is 0.242 e. The lowest BCUT2D eigenvalue weighted by Crippen LogP contribution is -2.51. The zero-order valence-corrected chi connectivity index (χ0v) is 48.9. The highest BCUT2D eigenvalue weighted by Crippen LogP contribution is 2.15. The quantitative estimate of drug-likeness (QED) is 0.0502. The Kier molecular flexibility index (Phi) is 46.5. The molecule has 5 N–H and O–H groups in total. The van der Waals surface area contributed by atoms with Crippen LogP contribution >= 0.6 is 0 Å². The van der Waals surface area contributed by atoms with E-state index in [1.807, 2.05) is 0 Å². The summed E-state index contributed by atoms with van der Waals surface area (Å²) in [6, 6.07) is 0. The largest absolute Gasteiger partial charge is 0.368 e. The van der Waals surface area contributed by atoms with Gasteiger partial charge in [0.1, 0.15) is 0 Å². The predicted molar refractivity (Wildman–Crippen MR) is 310 cm³/mol. The van der Waals surface area contributed by atoms with Gasteiger partial charge in [-0.3, -0.25) is 24.0 Å². The number of unbranched alkanes of at least 4 members (excludes halogenated alkanes) is 28. The fourth-order valence-corrected chi connectivity index (χ4v) is 10.2. The smallest absolute Gasteiger partial charge is 0.242 e. The number of nitrogens with zero attached hydrogens (tertiary/aromatic N) is 6. The number of nitrogens with two attached hydrogens (primary N) is 2. The zero-order valence-electron chi connectivity index (χ0n) is 48.9. The van der Waals surface area contributed by atoms with Gasteiger partial charge in [-0.25, -0.2) is 0 Å². The van der Waals surface area contributed by atoms with E-state index in [9.17, 15) is 24.0 Å². The van der Waals surface area contributed by atoms with Crippen LogP contribution in [0.25, 0.3) is 0 Å². The molecule has 0 spiro atoms. The van der Waals surface area contributed by atoms with Crippen LogP contribution < -0.4 is 16.8 Å². The van der Waals surface area contributed by atoms with Crippen LogP contribution in [-0.2, 0) is 24.0 Å². The topological polar surface area (TPSA) is 169 Å². The first-order valence-electron chi connectivity index (χ1n) is 31.3. The number of hydrogen-bond acceptors (Lipinski definition) is 9. The molecule has 1 heterocycles. The summed E-state index contributed by atoms with van der Waals surface area (Å²) in [6.45, 7) is 18.0. The van der Waals surface area contributed by atoms with Crippen molar-refractivity contribution in [3.8, 4) is 0 Å². The van der Waals surface area contributed by atoms with Gasteiger partial charge in [-0.1, -0.05) is 207 Å². The standard InChI is InChI=1S/C60H119N9O5/c1-5-9-13-17-21-25-29-33-43-66(52-56(62)70)58(72)54-68(45-35-31-27-23-19-15-11-7-3)60(74)55-69(46-36-32-28-24-20-16-12-8-4)59(73)53-67(44-34-30-26-22-18-14-10-6-2)57(71)51-63-40-38-42-65-49-47-64(48-50-65)41-37-39-61/h63H,5-55,61H2,1-4H3,(H2,62,70). The van der Waals surface area contributed by atoms with Crippen LogP contribution in [0.2, 0.25) is 0 Å². The third kappa shape index (κ3) is 38.7. The first-order chi connectivity index (χ1) is 36.1. The van der Waals surface area contributed by atoms with Crippen molar-refractivity contribution < 1.29 is 24.0 Å². The molecular weight excluding hydrogens is 927 g/mol. The summed E-state index contributed by atoms with van der Waals surface area (Å²) in [5.41, 5.74) is 11.4. The number of hydrogen-bond donors (Lipinski definition) is 3. The predicted octanol–water partition coefficient (Wildman–Crippen LogP) is 10.3. The average molecular weight is 1050 g/mol. The number of nitrogens with one attached hydrogen (secondary N) is 1. The van der Waals surface area contributed by atoms with Gasteiger partial charge >= 0.3 is 0 Å². The van der Waals surface area contributed by atoms with Gasteiger partial charge in [0.25, 0.3) is 0 Å². The van der Waals surface area contributed by atoms with E-state index in [1.54, 1.807) is 14.7 Å². The lowest BCUT2D eigenvalue weighted by atomic mass is 10.1. The Morgan fingerprint density at radius 2 is 0.635 bits per heavy atom. The van der Waals surface area contributed by atoms with E-state index in [2.05, 4.69) is 42.8 Å². The molecule has 1 saturated heterocycles. The van der Waals surface area contributed by atoms with Crippen LogP contribution in [0.5, 0.6) is 0 Å². The maximum atomic E-state index is 14.6. The fourth-order valence-electron chi connectivity index (χ4n) is 10.2. The third-order valence-corrected chi connectivity index (χ3v) is 15.1. The van der Waals surface area contributed by atoms with Gasteiger partial charge in [0.2, 0.25) is 29.5 Å². The lowest BCUT2D eigenvalue weighted by Gasteiger charge is -2.34. The summed E-state index contributed by atoms with van der Waals surface area (Å²) >= 11 is 0. The molecule has 0 aliphatic carbocycles. The van der Waals surface area contributed by atoms with Crippen molar-refractivity contribution in [3.63, 3.8) is 0 Å². The number of carbonyl (C=O) groups excluding carboxylic acids is 5. The Balaban J connectivity index is 3.23. The molecule has 0 unspecified atom stereocenters. The van der Waals surface area contributed by atoms with E-state index in [4.69, 9.17) is 11.5 Å². The Morgan fingerprint density at radius 3 is 0.932 bits per heavy atom. The summed E-state index contributed by atoms with van der Waals surface area (Å²) in [4.78, 5) is 81.2. The molecule has 0 radical (unpaired) electrons. The first kappa shape index (κ1) is 69.2. The molecule has 1 aliphatic heterocycles. The fraction of sp³-hybridized carbons (Fsp3) is 0.917. The molecule has 0 aromatic heterocycles. The van der Waals surface area contributed by atoms with Gasteiger partial charge in [-0.15, -0.1) is 0 Å². The van der Waals surface area contributed by atoms with Crippen LogP contribution in [0.3, 0.4) is 0 Å². The lowest BCUT2D eigenvalue weighted by molar-refractivity contribution is -0.146. The summed E-state index contributed by atoms with van der Waals surface area (Å²) in [5, 5.41) is 3.40. The van der Waals surface area contributed by atoms with E-state index in [-0.39, 0.29) is 56.4 Å². The summed E-state index contributed by atoms with van der Waals surface area (Å²) in [7, 11) is 0. The van der Waals surface area contributed by atoms with E-state index in [0.717, 1.165) is 162 Å². The zero-order chi connectivity index (χ0) is 54.1. The van der Waals surface area contributed by atoms with Crippen LogP contribution in [0.15, 0.2) is 0 Å². The van der Waals surface area contributed by atoms with Gasteiger partial charge in [-0.05, 0) is 64.7 Å². The van der Waals surface area contributed by atoms with Crippen LogP contribution in [0.1, 0.15) is 246 Å². The van der Waals surface area contributed by atoms with Crippen LogP contribution in [0.4, 0.5) is 0 Å². The van der Waals surface area contributed by atoms with E-state index in [1.165, 1.54) is 114 Å². The molecule has 1 aliphatic rings. The normalized spacial score (nSPS) is 13.1. The highest BCUT2D eigenvalue weighted by atomic mass is 16.2. The number of rotatable bonds is 53. The monoisotopic (exact) mass is 1050 g/mol. The SMILES string of the molecule is CCCCCCCCCCN(CC(N)=O)C(=O)CN(CCCCCCCCCC)C(=O)CN(CCCCCCCCCC)C(=O)CN(CCCCCCCCCC)C(=O)CNCCCN1CCN(CCCN)CC1. The molecular formula is C60H119N9O5. The van der Waals surface area contributed by atoms with Gasteiger partial charge in [0.05, 0.1) is 32.7 Å². The Morgan fingerprint density at radius 1 is 0.365 bits per heavy atom.